The van der Waals surface area contributed by atoms with E-state index in [1.54, 1.807) is 7.05 Å². The zero-order valence-corrected chi connectivity index (χ0v) is 22.3. The molecule has 0 bridgehead atoms. The summed E-state index contributed by atoms with van der Waals surface area (Å²) in [6, 6.07) is 6.37. The smallest absolute Gasteiger partial charge is 0.245 e. The molecule has 0 radical (unpaired) electrons. The number of rotatable bonds is 7. The van der Waals surface area contributed by atoms with Gasteiger partial charge in [0.2, 0.25) is 11.8 Å². The molecular weight excluding hydrogens is 450 g/mol. The number of carbonyl (C=O) groups is 2. The predicted molar refractivity (Wildman–Crippen MR) is 144 cm³/mol. The minimum Gasteiger partial charge on any atom is -0.361 e. The lowest BCUT2D eigenvalue weighted by atomic mass is 9.82. The molecule has 1 aromatic carbocycles. The van der Waals surface area contributed by atoms with Gasteiger partial charge < -0.3 is 20.5 Å². The fraction of sp³-hybridized carbons (Fsp3) is 0.655. The average molecular weight is 494 g/mol. The first-order valence-electron chi connectivity index (χ1n) is 14.0. The Labute approximate surface area is 215 Å². The van der Waals surface area contributed by atoms with Gasteiger partial charge in [-0.2, -0.15) is 0 Å². The monoisotopic (exact) mass is 493 g/mol. The zero-order valence-electron chi connectivity index (χ0n) is 22.3. The van der Waals surface area contributed by atoms with E-state index in [0.717, 1.165) is 51.7 Å². The number of aromatic nitrogens is 1. The molecule has 1 saturated carbocycles. The quantitative estimate of drug-likeness (QED) is 0.551. The Morgan fingerprint density at radius 3 is 2.67 bits per heavy atom. The Morgan fingerprint density at radius 2 is 1.94 bits per heavy atom. The number of aromatic amines is 1. The summed E-state index contributed by atoms with van der Waals surface area (Å²) in [5, 5.41) is 7.49. The van der Waals surface area contributed by atoms with Crippen LogP contribution in [0.5, 0.6) is 0 Å². The molecule has 3 fully saturated rings. The Kier molecular flexibility index (Phi) is 7.40. The molecule has 3 heterocycles. The van der Waals surface area contributed by atoms with Gasteiger partial charge in [0.25, 0.3) is 0 Å². The summed E-state index contributed by atoms with van der Waals surface area (Å²) in [6.07, 6.45) is 8.69. The lowest BCUT2D eigenvalue weighted by Crippen LogP contribution is -2.57. The van der Waals surface area contributed by atoms with Gasteiger partial charge in [0, 0.05) is 42.1 Å². The highest BCUT2D eigenvalue weighted by molar-refractivity contribution is 5.90. The van der Waals surface area contributed by atoms with Gasteiger partial charge in [-0.1, -0.05) is 38.3 Å². The number of likely N-dealkylation sites (N-methyl/N-ethyl adjacent to an activating group) is 2. The molecule has 0 spiro atoms. The molecule has 1 aromatic heterocycles. The van der Waals surface area contributed by atoms with Crippen molar-refractivity contribution in [3.8, 4) is 0 Å². The van der Waals surface area contributed by atoms with Gasteiger partial charge in [-0.3, -0.25) is 14.5 Å². The zero-order chi connectivity index (χ0) is 25.4. The van der Waals surface area contributed by atoms with Gasteiger partial charge in [-0.25, -0.2) is 0 Å². The third-order valence-electron chi connectivity index (χ3n) is 9.20. The second-order valence-corrected chi connectivity index (χ2v) is 11.3. The first kappa shape index (κ1) is 25.3. The van der Waals surface area contributed by atoms with Crippen LogP contribution in [-0.2, 0) is 9.59 Å². The molecule has 36 heavy (non-hydrogen) atoms. The van der Waals surface area contributed by atoms with Gasteiger partial charge in [0.1, 0.15) is 6.04 Å². The molecule has 7 heteroatoms. The molecule has 196 valence electrons. The first-order valence-corrected chi connectivity index (χ1v) is 14.0. The maximum absolute atomic E-state index is 14.3. The van der Waals surface area contributed by atoms with Crippen molar-refractivity contribution in [2.24, 2.45) is 5.92 Å². The van der Waals surface area contributed by atoms with Crippen LogP contribution in [0.1, 0.15) is 69.4 Å². The van der Waals surface area contributed by atoms with Crippen molar-refractivity contribution in [3.63, 3.8) is 0 Å². The summed E-state index contributed by atoms with van der Waals surface area (Å²) in [6.45, 7) is 8.93. The van der Waals surface area contributed by atoms with Crippen molar-refractivity contribution in [1.29, 1.82) is 0 Å². The molecule has 7 nitrogen and oxygen atoms in total. The van der Waals surface area contributed by atoms with E-state index in [0.29, 0.717) is 6.04 Å². The highest BCUT2D eigenvalue weighted by Crippen LogP contribution is 2.43. The van der Waals surface area contributed by atoms with Crippen LogP contribution in [0.25, 0.3) is 10.9 Å². The highest BCUT2D eigenvalue weighted by Gasteiger charge is 2.52. The number of aryl methyl sites for hydroxylation is 1. The van der Waals surface area contributed by atoms with Crippen LogP contribution < -0.4 is 10.6 Å². The van der Waals surface area contributed by atoms with Gasteiger partial charge >= 0.3 is 0 Å². The van der Waals surface area contributed by atoms with Gasteiger partial charge in [-0.05, 0) is 69.8 Å². The third kappa shape index (κ3) is 4.56. The number of carbonyl (C=O) groups excluding carboxylic acids is 2. The van der Waals surface area contributed by atoms with Crippen LogP contribution in [0.4, 0.5) is 0 Å². The minimum absolute atomic E-state index is 0.0812. The van der Waals surface area contributed by atoms with Crippen LogP contribution in [-0.4, -0.2) is 77.4 Å². The number of benzene rings is 1. The topological polar surface area (TPSA) is 80.5 Å². The summed E-state index contributed by atoms with van der Waals surface area (Å²) in [5.41, 5.74) is 3.73. The Morgan fingerprint density at radius 1 is 1.17 bits per heavy atom. The van der Waals surface area contributed by atoms with Crippen LogP contribution in [0.3, 0.4) is 0 Å². The molecule has 2 saturated heterocycles. The number of H-pyrrole nitrogens is 1. The number of hydrogen-bond donors (Lipinski definition) is 3. The Bertz CT molecular complexity index is 1090. The number of amides is 2. The van der Waals surface area contributed by atoms with E-state index in [2.05, 4.69) is 63.7 Å². The molecular formula is C29H43N5O2. The minimum atomic E-state index is -0.436. The van der Waals surface area contributed by atoms with Crippen LogP contribution in [0.15, 0.2) is 24.4 Å². The fourth-order valence-electron chi connectivity index (χ4n) is 7.09. The average Bonchev–Trinajstić information content (AvgIpc) is 3.60. The van der Waals surface area contributed by atoms with Crippen LogP contribution >= 0.6 is 0 Å². The molecule has 5 rings (SSSR count). The predicted octanol–water partition coefficient (Wildman–Crippen LogP) is 3.54. The molecule has 2 amide bonds. The van der Waals surface area contributed by atoms with E-state index in [-0.39, 0.29) is 35.7 Å². The first-order chi connectivity index (χ1) is 17.4. The van der Waals surface area contributed by atoms with Crippen molar-refractivity contribution < 1.29 is 9.59 Å². The van der Waals surface area contributed by atoms with E-state index in [1.165, 1.54) is 28.5 Å². The number of fused-ring (bicyclic) bond motifs is 2. The lowest BCUT2D eigenvalue weighted by Gasteiger charge is -2.36. The third-order valence-corrected chi connectivity index (χ3v) is 9.20. The summed E-state index contributed by atoms with van der Waals surface area (Å²) in [5.74, 6) is 0.528. The van der Waals surface area contributed by atoms with Gasteiger partial charge in [0.15, 0.2) is 0 Å². The molecule has 2 aromatic rings. The lowest BCUT2D eigenvalue weighted by molar-refractivity contribution is -0.139. The van der Waals surface area contributed by atoms with E-state index >= 15 is 0 Å². The maximum atomic E-state index is 14.3. The largest absolute Gasteiger partial charge is 0.361 e. The summed E-state index contributed by atoms with van der Waals surface area (Å²) in [7, 11) is 1.79. The maximum Gasteiger partial charge on any atom is 0.245 e. The van der Waals surface area contributed by atoms with E-state index in [9.17, 15) is 9.59 Å². The number of likely N-dealkylation sites (tertiary alicyclic amines) is 2. The second-order valence-electron chi connectivity index (χ2n) is 11.3. The van der Waals surface area contributed by atoms with Crippen molar-refractivity contribution in [2.45, 2.75) is 89.4 Å². The molecule has 2 aliphatic heterocycles. The summed E-state index contributed by atoms with van der Waals surface area (Å²) >= 11 is 0. The summed E-state index contributed by atoms with van der Waals surface area (Å²) < 4.78 is 0. The highest BCUT2D eigenvalue weighted by atomic mass is 16.2. The van der Waals surface area contributed by atoms with Crippen molar-refractivity contribution in [2.75, 3.05) is 26.7 Å². The number of nitrogens with one attached hydrogen (secondary N) is 3. The van der Waals surface area contributed by atoms with E-state index in [1.807, 2.05) is 6.92 Å². The molecule has 3 aliphatic rings. The van der Waals surface area contributed by atoms with Crippen LogP contribution in [0.2, 0.25) is 0 Å². The van der Waals surface area contributed by atoms with Crippen molar-refractivity contribution >= 4 is 22.7 Å². The van der Waals surface area contributed by atoms with Crippen molar-refractivity contribution in [3.05, 3.63) is 35.5 Å². The fourth-order valence-corrected chi connectivity index (χ4v) is 7.09. The molecule has 5 atom stereocenters. The summed E-state index contributed by atoms with van der Waals surface area (Å²) in [4.78, 5) is 35.5. The van der Waals surface area contributed by atoms with Gasteiger partial charge in [0.05, 0.1) is 12.1 Å². The molecule has 3 N–H and O–H groups in total. The van der Waals surface area contributed by atoms with E-state index in [4.69, 9.17) is 0 Å². The number of hydrogen-bond acceptors (Lipinski definition) is 4. The number of nitrogens with zero attached hydrogens (tertiary/aromatic N) is 2. The molecule has 1 aliphatic carbocycles. The van der Waals surface area contributed by atoms with Gasteiger partial charge in [-0.15, -0.1) is 0 Å². The Hall–Kier alpha value is -2.38. The standard InChI is InChI=1S/C29H43N5O2/c1-5-33-17-23(22-16-31-24-15-18(2)11-12-21(22)24)27-25(33)13-14-34(27)29(36)26(20-9-7-6-8-10-20)32-28(35)19(3)30-4/h11-12,15-16,19-20,23,25-27,30-31H,5-10,13-14,17H2,1-4H3,(H,32,35)/t19-,23+,25+,26-,27+/m0/s1. The van der Waals surface area contributed by atoms with E-state index < -0.39 is 6.04 Å². The normalized spacial score (nSPS) is 26.8. The molecule has 0 unspecified atom stereocenters. The van der Waals surface area contributed by atoms with Crippen LogP contribution in [0, 0.1) is 12.8 Å². The second kappa shape index (κ2) is 10.5. The Balaban J connectivity index is 1.46. The SMILES string of the molecule is CCN1C[C@H](c2c[nH]c3cc(C)ccc23)[C@@H]2[C@H]1CCN2C(=O)[C@@H](NC(=O)[C@H](C)NC)C1CCCCC1. The van der Waals surface area contributed by atoms with Crippen molar-refractivity contribution in [1.82, 2.24) is 25.4 Å².